The van der Waals surface area contributed by atoms with Crippen molar-refractivity contribution in [2.24, 2.45) is 5.73 Å². The lowest BCUT2D eigenvalue weighted by molar-refractivity contribution is 0.136. The summed E-state index contributed by atoms with van der Waals surface area (Å²) in [6, 6.07) is 16.3. The predicted molar refractivity (Wildman–Crippen MR) is 101 cm³/mol. The summed E-state index contributed by atoms with van der Waals surface area (Å²) in [7, 11) is 1.69. The second kappa shape index (κ2) is 8.48. The second-order valence-electron chi connectivity index (χ2n) is 6.84. The number of hydrogen-bond acceptors (Lipinski definition) is 4. The van der Waals surface area contributed by atoms with E-state index < -0.39 is 6.10 Å². The van der Waals surface area contributed by atoms with Crippen molar-refractivity contribution < 1.29 is 9.84 Å². The van der Waals surface area contributed by atoms with E-state index in [1.54, 1.807) is 7.11 Å². The van der Waals surface area contributed by atoms with E-state index in [2.05, 4.69) is 17.4 Å². The van der Waals surface area contributed by atoms with Crippen LogP contribution in [-0.4, -0.2) is 30.9 Å². The molecule has 134 valence electrons. The first-order chi connectivity index (χ1) is 12.2. The van der Waals surface area contributed by atoms with Crippen molar-refractivity contribution in [2.45, 2.75) is 43.9 Å². The summed E-state index contributed by atoms with van der Waals surface area (Å²) in [6.45, 7) is 0.495. The number of benzene rings is 2. The van der Waals surface area contributed by atoms with Crippen molar-refractivity contribution in [1.29, 1.82) is 0 Å². The van der Waals surface area contributed by atoms with Crippen LogP contribution in [0.25, 0.3) is 0 Å². The van der Waals surface area contributed by atoms with Crippen molar-refractivity contribution >= 4 is 0 Å². The third-order valence-corrected chi connectivity index (χ3v) is 5.05. The molecule has 0 fully saturated rings. The summed E-state index contributed by atoms with van der Waals surface area (Å²) < 4.78 is 5.36. The standard InChI is InChI=1S/C21H28N2O2/c1-25-17-11-10-16-8-5-9-20(18(16)13-17)23-14-21(24)19(22)12-15-6-3-2-4-7-15/h2-4,6-7,10-11,13,19-21,23-24H,5,8-9,12,14,22H2,1H3/t19-,20+,21+/m0/s1. The molecule has 1 aliphatic carbocycles. The van der Waals surface area contributed by atoms with Gasteiger partial charge in [-0.2, -0.15) is 0 Å². The molecule has 0 heterocycles. The molecule has 25 heavy (non-hydrogen) atoms. The van der Waals surface area contributed by atoms with E-state index in [0.29, 0.717) is 13.0 Å². The van der Waals surface area contributed by atoms with Gasteiger partial charge in [-0.3, -0.25) is 0 Å². The average molecular weight is 340 g/mol. The smallest absolute Gasteiger partial charge is 0.119 e. The van der Waals surface area contributed by atoms with Crippen LogP contribution in [0, 0.1) is 0 Å². The Morgan fingerprint density at radius 3 is 2.80 bits per heavy atom. The number of nitrogens with one attached hydrogen (secondary N) is 1. The Kier molecular flexibility index (Phi) is 6.08. The quantitative estimate of drug-likeness (QED) is 0.725. The van der Waals surface area contributed by atoms with Crippen LogP contribution in [0.3, 0.4) is 0 Å². The van der Waals surface area contributed by atoms with E-state index in [4.69, 9.17) is 10.5 Å². The van der Waals surface area contributed by atoms with Gasteiger partial charge in [-0.25, -0.2) is 0 Å². The van der Waals surface area contributed by atoms with E-state index in [9.17, 15) is 5.11 Å². The molecule has 0 bridgehead atoms. The minimum Gasteiger partial charge on any atom is -0.497 e. The lowest BCUT2D eigenvalue weighted by Crippen LogP contribution is -2.44. The van der Waals surface area contributed by atoms with Gasteiger partial charge >= 0.3 is 0 Å². The maximum absolute atomic E-state index is 10.4. The number of aliphatic hydroxyl groups excluding tert-OH is 1. The lowest BCUT2D eigenvalue weighted by atomic mass is 9.87. The highest BCUT2D eigenvalue weighted by atomic mass is 16.5. The molecule has 0 aliphatic heterocycles. The Balaban J connectivity index is 1.58. The fourth-order valence-corrected chi connectivity index (χ4v) is 3.55. The zero-order chi connectivity index (χ0) is 17.6. The highest BCUT2D eigenvalue weighted by molar-refractivity contribution is 5.39. The molecule has 0 unspecified atom stereocenters. The van der Waals surface area contributed by atoms with E-state index in [1.807, 2.05) is 36.4 Å². The SMILES string of the molecule is COc1ccc2c(c1)[C@H](NC[C@@H](O)[C@@H](N)Cc1ccccc1)CCC2. The molecule has 0 spiro atoms. The number of rotatable bonds is 7. The van der Waals surface area contributed by atoms with Gasteiger partial charge in [0.25, 0.3) is 0 Å². The van der Waals surface area contributed by atoms with Gasteiger partial charge in [0.05, 0.1) is 13.2 Å². The molecular formula is C21H28N2O2. The van der Waals surface area contributed by atoms with Crippen molar-refractivity contribution in [2.75, 3.05) is 13.7 Å². The molecule has 4 heteroatoms. The maximum Gasteiger partial charge on any atom is 0.119 e. The Bertz CT molecular complexity index is 675. The minimum atomic E-state index is -0.573. The maximum atomic E-state index is 10.4. The third kappa shape index (κ3) is 4.60. The number of methoxy groups -OCH3 is 1. The molecule has 0 amide bonds. The lowest BCUT2D eigenvalue weighted by Gasteiger charge is -2.29. The first kappa shape index (κ1) is 17.9. The Labute approximate surface area is 150 Å². The highest BCUT2D eigenvalue weighted by Crippen LogP contribution is 2.32. The third-order valence-electron chi connectivity index (χ3n) is 5.05. The largest absolute Gasteiger partial charge is 0.497 e. The number of hydrogen-bond donors (Lipinski definition) is 3. The van der Waals surface area contributed by atoms with Crippen molar-refractivity contribution in [3.05, 3.63) is 65.2 Å². The summed E-state index contributed by atoms with van der Waals surface area (Å²) in [5, 5.41) is 14.0. The van der Waals surface area contributed by atoms with Gasteiger partial charge in [-0.1, -0.05) is 36.4 Å². The molecule has 4 N–H and O–H groups in total. The van der Waals surface area contributed by atoms with Crippen LogP contribution < -0.4 is 15.8 Å². The van der Waals surface area contributed by atoms with Crippen LogP contribution in [0.5, 0.6) is 5.75 Å². The number of fused-ring (bicyclic) bond motifs is 1. The highest BCUT2D eigenvalue weighted by Gasteiger charge is 2.23. The van der Waals surface area contributed by atoms with Gasteiger partial charge < -0.3 is 20.9 Å². The molecule has 0 saturated carbocycles. The number of aliphatic hydroxyl groups is 1. The second-order valence-corrected chi connectivity index (χ2v) is 6.84. The summed E-state index contributed by atoms with van der Waals surface area (Å²) in [5.74, 6) is 0.883. The van der Waals surface area contributed by atoms with E-state index in [-0.39, 0.29) is 12.1 Å². The molecule has 0 aromatic heterocycles. The summed E-state index contributed by atoms with van der Waals surface area (Å²) in [4.78, 5) is 0. The van der Waals surface area contributed by atoms with Gasteiger partial charge in [0.1, 0.15) is 5.75 Å². The van der Waals surface area contributed by atoms with E-state index in [1.165, 1.54) is 11.1 Å². The summed E-state index contributed by atoms with van der Waals surface area (Å²) in [6.07, 6.45) is 3.44. The van der Waals surface area contributed by atoms with Crippen molar-refractivity contribution in [3.63, 3.8) is 0 Å². The molecule has 0 saturated heterocycles. The van der Waals surface area contributed by atoms with Crippen molar-refractivity contribution in [1.82, 2.24) is 5.32 Å². The molecule has 4 nitrogen and oxygen atoms in total. The molecule has 0 radical (unpaired) electrons. The molecule has 3 rings (SSSR count). The normalized spacial score (nSPS) is 19.1. The number of ether oxygens (including phenoxy) is 1. The summed E-state index contributed by atoms with van der Waals surface area (Å²) in [5.41, 5.74) is 10.0. The molecule has 3 atom stereocenters. The van der Waals surface area contributed by atoms with Crippen LogP contribution in [0.15, 0.2) is 48.5 Å². The first-order valence-corrected chi connectivity index (χ1v) is 9.05. The molecule has 2 aromatic carbocycles. The Morgan fingerprint density at radius 2 is 2.04 bits per heavy atom. The zero-order valence-corrected chi connectivity index (χ0v) is 14.8. The number of nitrogens with two attached hydrogens (primary N) is 1. The monoisotopic (exact) mass is 340 g/mol. The van der Waals surface area contributed by atoms with Gasteiger partial charge in [-0.15, -0.1) is 0 Å². The average Bonchev–Trinajstić information content (AvgIpc) is 2.66. The minimum absolute atomic E-state index is 0.248. The summed E-state index contributed by atoms with van der Waals surface area (Å²) >= 11 is 0. The van der Waals surface area contributed by atoms with Crippen LogP contribution in [0.1, 0.15) is 35.6 Å². The van der Waals surface area contributed by atoms with Crippen molar-refractivity contribution in [3.8, 4) is 5.75 Å². The topological polar surface area (TPSA) is 67.5 Å². The molecule has 1 aliphatic rings. The first-order valence-electron chi connectivity index (χ1n) is 9.05. The molecule has 2 aromatic rings. The molecular weight excluding hydrogens is 312 g/mol. The van der Waals surface area contributed by atoms with Crippen LogP contribution in [-0.2, 0) is 12.8 Å². The van der Waals surface area contributed by atoms with Gasteiger partial charge in [0.2, 0.25) is 0 Å². The fraction of sp³-hybridized carbons (Fsp3) is 0.429. The van der Waals surface area contributed by atoms with E-state index >= 15 is 0 Å². The Hall–Kier alpha value is -1.88. The van der Waals surface area contributed by atoms with Gasteiger partial charge in [0, 0.05) is 18.6 Å². The van der Waals surface area contributed by atoms with Crippen LogP contribution in [0.2, 0.25) is 0 Å². The van der Waals surface area contributed by atoms with Gasteiger partial charge in [0.15, 0.2) is 0 Å². The zero-order valence-electron chi connectivity index (χ0n) is 14.8. The van der Waals surface area contributed by atoms with E-state index in [0.717, 1.165) is 30.6 Å². The predicted octanol–water partition coefficient (Wildman–Crippen LogP) is 2.59. The fourth-order valence-electron chi connectivity index (χ4n) is 3.55. The van der Waals surface area contributed by atoms with Crippen LogP contribution >= 0.6 is 0 Å². The Morgan fingerprint density at radius 1 is 1.24 bits per heavy atom. The van der Waals surface area contributed by atoms with Crippen LogP contribution in [0.4, 0.5) is 0 Å². The van der Waals surface area contributed by atoms with Gasteiger partial charge in [-0.05, 0) is 54.5 Å². The number of aryl methyl sites for hydroxylation is 1.